The van der Waals surface area contributed by atoms with E-state index in [9.17, 15) is 0 Å². The van der Waals surface area contributed by atoms with Gasteiger partial charge in [0, 0.05) is 18.2 Å². The molecular weight excluding hydrogens is 114 g/mol. The zero-order valence-corrected chi connectivity index (χ0v) is 4.89. The summed E-state index contributed by atoms with van der Waals surface area (Å²) in [6.07, 6.45) is 4.04. The van der Waals surface area contributed by atoms with Crippen molar-refractivity contribution in [3.63, 3.8) is 0 Å². The lowest BCUT2D eigenvalue weighted by molar-refractivity contribution is 0.955. The lowest BCUT2D eigenvalue weighted by atomic mass is 10.2. The number of nitrogens with two attached hydrogens (primary N) is 1. The van der Waals surface area contributed by atoms with E-state index < -0.39 is 0 Å². The molecule has 1 aliphatic rings. The summed E-state index contributed by atoms with van der Waals surface area (Å²) in [6, 6.07) is 2.02. The summed E-state index contributed by atoms with van der Waals surface area (Å²) < 4.78 is 0. The molecule has 46 valence electrons. The topological polar surface area (TPSA) is 61.8 Å². The van der Waals surface area contributed by atoms with Crippen LogP contribution in [-0.4, -0.2) is 0 Å². The van der Waals surface area contributed by atoms with E-state index in [1.807, 2.05) is 6.07 Å². The van der Waals surface area contributed by atoms with Crippen molar-refractivity contribution in [2.45, 2.75) is 6.42 Å². The highest BCUT2D eigenvalue weighted by molar-refractivity contribution is 5.27. The highest BCUT2D eigenvalue weighted by atomic mass is 15.0. The average molecular weight is 121 g/mol. The summed E-state index contributed by atoms with van der Waals surface area (Å²) in [6.45, 7) is 0. The van der Waals surface area contributed by atoms with E-state index >= 15 is 0 Å². The molecule has 0 spiro atoms. The number of nitriles is 1. The number of hydrogen-bond donors (Lipinski definition) is 2. The fourth-order valence-electron chi connectivity index (χ4n) is 0.586. The maximum Gasteiger partial charge on any atom is 0.0965 e. The van der Waals surface area contributed by atoms with Crippen molar-refractivity contribution in [2.24, 2.45) is 5.73 Å². The van der Waals surface area contributed by atoms with Gasteiger partial charge in [0.2, 0.25) is 0 Å². The molecule has 0 atom stereocenters. The van der Waals surface area contributed by atoms with Crippen LogP contribution >= 0.6 is 0 Å². The fraction of sp³-hybridized carbons (Fsp3) is 0.167. The van der Waals surface area contributed by atoms with Crippen LogP contribution in [-0.2, 0) is 0 Å². The smallest absolute Gasteiger partial charge is 0.0965 e. The third-order valence-electron chi connectivity index (χ3n) is 1.10. The monoisotopic (exact) mass is 121 g/mol. The Morgan fingerprint density at radius 1 is 1.78 bits per heavy atom. The molecular formula is C6H7N3. The Morgan fingerprint density at radius 2 is 2.56 bits per heavy atom. The van der Waals surface area contributed by atoms with Gasteiger partial charge in [-0.1, -0.05) is 0 Å². The molecule has 0 saturated heterocycles. The van der Waals surface area contributed by atoms with Gasteiger partial charge in [0.05, 0.1) is 11.9 Å². The first-order valence-corrected chi connectivity index (χ1v) is 2.64. The van der Waals surface area contributed by atoms with E-state index in [-0.39, 0.29) is 0 Å². The minimum absolute atomic E-state index is 0.619. The van der Waals surface area contributed by atoms with Gasteiger partial charge in [-0.2, -0.15) is 5.26 Å². The summed E-state index contributed by atoms with van der Waals surface area (Å²) in [4.78, 5) is 0. The van der Waals surface area contributed by atoms with Gasteiger partial charge in [-0.25, -0.2) is 0 Å². The normalized spacial score (nSPS) is 16.8. The average Bonchev–Trinajstić information content (AvgIpc) is 1.90. The quantitative estimate of drug-likeness (QED) is 0.480. The SMILES string of the molecule is N#CC1=CNC(N)=CC1. The Kier molecular flexibility index (Phi) is 1.41. The van der Waals surface area contributed by atoms with Crippen molar-refractivity contribution in [1.29, 1.82) is 5.26 Å². The number of rotatable bonds is 0. The van der Waals surface area contributed by atoms with E-state index in [1.54, 1.807) is 12.3 Å². The third kappa shape index (κ3) is 1.23. The van der Waals surface area contributed by atoms with Crippen LogP contribution in [0.25, 0.3) is 0 Å². The summed E-state index contributed by atoms with van der Waals surface area (Å²) in [7, 11) is 0. The molecule has 0 unspecified atom stereocenters. The molecule has 3 N–H and O–H groups in total. The largest absolute Gasteiger partial charge is 0.386 e. The van der Waals surface area contributed by atoms with Crippen LogP contribution in [0.1, 0.15) is 6.42 Å². The van der Waals surface area contributed by atoms with Crippen molar-refractivity contribution in [1.82, 2.24) is 5.32 Å². The standard InChI is InChI=1S/C6H7N3/c7-3-5-1-2-6(8)9-4-5/h2,4,9H,1,8H2. The molecule has 1 rings (SSSR count). The van der Waals surface area contributed by atoms with E-state index in [0.29, 0.717) is 17.8 Å². The minimum atomic E-state index is 0.619. The van der Waals surface area contributed by atoms with Gasteiger partial charge in [-0.05, 0) is 6.08 Å². The predicted molar refractivity (Wildman–Crippen MR) is 33.7 cm³/mol. The second-order valence-electron chi connectivity index (χ2n) is 1.79. The maximum absolute atomic E-state index is 8.35. The maximum atomic E-state index is 8.35. The molecule has 0 aromatic carbocycles. The minimum Gasteiger partial charge on any atom is -0.386 e. The van der Waals surface area contributed by atoms with Crippen LogP contribution in [0, 0.1) is 11.3 Å². The molecule has 9 heavy (non-hydrogen) atoms. The molecule has 0 aromatic heterocycles. The van der Waals surface area contributed by atoms with Gasteiger partial charge in [0.1, 0.15) is 0 Å². The molecule has 0 aromatic rings. The van der Waals surface area contributed by atoms with Gasteiger partial charge < -0.3 is 11.1 Å². The van der Waals surface area contributed by atoms with Crippen molar-refractivity contribution in [3.8, 4) is 6.07 Å². The number of nitrogens with zero attached hydrogens (tertiary/aromatic N) is 1. The van der Waals surface area contributed by atoms with Gasteiger partial charge in [-0.15, -0.1) is 0 Å². The molecule has 0 aliphatic carbocycles. The Bertz CT molecular complexity index is 207. The number of hydrogen-bond acceptors (Lipinski definition) is 3. The van der Waals surface area contributed by atoms with Crippen LogP contribution in [0.2, 0.25) is 0 Å². The number of dihydropyridines is 1. The molecule has 1 heterocycles. The van der Waals surface area contributed by atoms with Crippen molar-refractivity contribution in [3.05, 3.63) is 23.7 Å². The van der Waals surface area contributed by atoms with Gasteiger partial charge in [-0.3, -0.25) is 0 Å². The van der Waals surface area contributed by atoms with Crippen LogP contribution in [0.5, 0.6) is 0 Å². The van der Waals surface area contributed by atoms with Crippen molar-refractivity contribution < 1.29 is 0 Å². The lowest BCUT2D eigenvalue weighted by Gasteiger charge is -2.05. The zero-order valence-electron chi connectivity index (χ0n) is 4.89. The van der Waals surface area contributed by atoms with Gasteiger partial charge in [0.15, 0.2) is 0 Å². The van der Waals surface area contributed by atoms with E-state index in [4.69, 9.17) is 11.0 Å². The molecule has 0 fully saturated rings. The second kappa shape index (κ2) is 2.23. The molecule has 0 amide bonds. The Labute approximate surface area is 53.5 Å². The van der Waals surface area contributed by atoms with Crippen LogP contribution < -0.4 is 11.1 Å². The van der Waals surface area contributed by atoms with E-state index in [1.165, 1.54) is 0 Å². The molecule has 0 radical (unpaired) electrons. The van der Waals surface area contributed by atoms with Crippen LogP contribution in [0.15, 0.2) is 23.7 Å². The van der Waals surface area contributed by atoms with E-state index in [2.05, 4.69) is 5.32 Å². The van der Waals surface area contributed by atoms with Crippen LogP contribution in [0.4, 0.5) is 0 Å². The van der Waals surface area contributed by atoms with E-state index in [0.717, 1.165) is 0 Å². The van der Waals surface area contributed by atoms with Gasteiger partial charge in [0.25, 0.3) is 0 Å². The number of nitrogens with one attached hydrogen (secondary N) is 1. The Balaban J connectivity index is 2.61. The van der Waals surface area contributed by atoms with Crippen molar-refractivity contribution in [2.75, 3.05) is 0 Å². The fourth-order valence-corrected chi connectivity index (χ4v) is 0.586. The summed E-state index contributed by atoms with van der Waals surface area (Å²) in [5.41, 5.74) is 6.06. The first kappa shape index (κ1) is 5.70. The third-order valence-corrected chi connectivity index (χ3v) is 1.10. The first-order chi connectivity index (χ1) is 4.33. The van der Waals surface area contributed by atoms with Gasteiger partial charge >= 0.3 is 0 Å². The summed E-state index contributed by atoms with van der Waals surface area (Å²) in [5.74, 6) is 0.619. The predicted octanol–water partition coefficient (Wildman–Crippen LogP) is 0.187. The Morgan fingerprint density at radius 3 is 3.00 bits per heavy atom. The lowest BCUT2D eigenvalue weighted by Crippen LogP contribution is -2.17. The zero-order chi connectivity index (χ0) is 6.69. The first-order valence-electron chi connectivity index (χ1n) is 2.64. The summed E-state index contributed by atoms with van der Waals surface area (Å²) >= 11 is 0. The molecule has 3 heteroatoms. The highest BCUT2D eigenvalue weighted by Gasteiger charge is 1.98. The van der Waals surface area contributed by atoms with Crippen LogP contribution in [0.3, 0.4) is 0 Å². The number of allylic oxidation sites excluding steroid dienone is 2. The molecule has 0 saturated carbocycles. The second-order valence-corrected chi connectivity index (χ2v) is 1.79. The van der Waals surface area contributed by atoms with Crippen molar-refractivity contribution >= 4 is 0 Å². The molecule has 3 nitrogen and oxygen atoms in total. The Hall–Kier alpha value is -1.43. The molecule has 1 aliphatic heterocycles. The highest BCUT2D eigenvalue weighted by Crippen LogP contribution is 2.04. The summed E-state index contributed by atoms with van der Waals surface area (Å²) in [5, 5.41) is 11.1. The molecule has 0 bridgehead atoms.